The highest BCUT2D eigenvalue weighted by Crippen LogP contribution is 2.19. The van der Waals surface area contributed by atoms with Crippen LogP contribution in [0.4, 0.5) is 5.69 Å². The van der Waals surface area contributed by atoms with E-state index in [2.05, 4.69) is 15.5 Å². The van der Waals surface area contributed by atoms with E-state index in [9.17, 15) is 4.79 Å². The third-order valence-corrected chi connectivity index (χ3v) is 3.50. The van der Waals surface area contributed by atoms with Crippen molar-refractivity contribution in [1.82, 2.24) is 10.2 Å². The van der Waals surface area contributed by atoms with Crippen LogP contribution in [-0.4, -0.2) is 56.7 Å². The second-order valence-corrected chi connectivity index (χ2v) is 5.04. The number of benzene rings is 1. The topological polar surface area (TPSA) is 53.6 Å². The number of halogens is 1. The molecular weight excluding hydrogens is 278 g/mol. The quantitative estimate of drug-likeness (QED) is 0.828. The Morgan fingerprint density at radius 3 is 2.80 bits per heavy atom. The van der Waals surface area contributed by atoms with Crippen LogP contribution in [0.3, 0.4) is 0 Å². The fraction of sp³-hybridized carbons (Fsp3) is 0.500. The third-order valence-electron chi connectivity index (χ3n) is 3.17. The second-order valence-electron chi connectivity index (χ2n) is 4.64. The van der Waals surface area contributed by atoms with Gasteiger partial charge in [-0.15, -0.1) is 0 Å². The molecule has 110 valence electrons. The minimum atomic E-state index is -0.0295. The summed E-state index contributed by atoms with van der Waals surface area (Å²) in [5.41, 5.74) is 0.775. The van der Waals surface area contributed by atoms with Crippen LogP contribution in [0.5, 0.6) is 0 Å². The number of amides is 1. The molecule has 1 saturated heterocycles. The zero-order valence-electron chi connectivity index (χ0n) is 11.4. The number of rotatable bonds is 6. The molecule has 1 aliphatic heterocycles. The SMILES string of the molecule is O=C(CNc1ccccc1Cl)NCCN1CCOCC1. The minimum Gasteiger partial charge on any atom is -0.379 e. The zero-order valence-corrected chi connectivity index (χ0v) is 12.2. The number of nitrogens with zero attached hydrogens (tertiary/aromatic N) is 1. The lowest BCUT2D eigenvalue weighted by molar-refractivity contribution is -0.119. The van der Waals surface area contributed by atoms with Crippen molar-refractivity contribution in [1.29, 1.82) is 0 Å². The van der Waals surface area contributed by atoms with E-state index in [0.29, 0.717) is 11.6 Å². The summed E-state index contributed by atoms with van der Waals surface area (Å²) in [6.45, 7) is 5.18. The van der Waals surface area contributed by atoms with Crippen LogP contribution < -0.4 is 10.6 Å². The predicted molar refractivity (Wildman–Crippen MR) is 80.2 cm³/mol. The molecule has 6 heteroatoms. The molecule has 1 heterocycles. The summed E-state index contributed by atoms with van der Waals surface area (Å²) >= 11 is 6.00. The predicted octanol–water partition coefficient (Wildman–Crippen LogP) is 1.20. The molecule has 1 aromatic rings. The fourth-order valence-corrected chi connectivity index (χ4v) is 2.22. The Hall–Kier alpha value is -1.30. The number of carbonyl (C=O) groups excluding carboxylic acids is 1. The normalized spacial score (nSPS) is 15.8. The number of carbonyl (C=O) groups is 1. The fourth-order valence-electron chi connectivity index (χ4n) is 2.02. The van der Waals surface area contributed by atoms with Crippen LogP contribution in [0.1, 0.15) is 0 Å². The average molecular weight is 298 g/mol. The number of para-hydroxylation sites is 1. The number of nitrogens with one attached hydrogen (secondary N) is 2. The van der Waals surface area contributed by atoms with Gasteiger partial charge in [-0.2, -0.15) is 0 Å². The number of anilines is 1. The Labute approximate surface area is 124 Å². The van der Waals surface area contributed by atoms with Gasteiger partial charge in [0.2, 0.25) is 5.91 Å². The molecular formula is C14H20ClN3O2. The molecule has 5 nitrogen and oxygen atoms in total. The van der Waals surface area contributed by atoms with Gasteiger partial charge in [-0.25, -0.2) is 0 Å². The standard InChI is InChI=1S/C14H20ClN3O2/c15-12-3-1-2-4-13(12)17-11-14(19)16-5-6-18-7-9-20-10-8-18/h1-4,17H,5-11H2,(H,16,19). The van der Waals surface area contributed by atoms with E-state index in [1.54, 1.807) is 6.07 Å². The van der Waals surface area contributed by atoms with Crippen LogP contribution >= 0.6 is 11.6 Å². The Bertz CT molecular complexity index is 436. The number of hydrogen-bond acceptors (Lipinski definition) is 4. The van der Waals surface area contributed by atoms with Crippen molar-refractivity contribution in [3.8, 4) is 0 Å². The third kappa shape index (κ3) is 5.00. The molecule has 0 spiro atoms. The van der Waals surface area contributed by atoms with Crippen LogP contribution in [0.25, 0.3) is 0 Å². The Morgan fingerprint density at radius 1 is 1.30 bits per heavy atom. The number of ether oxygens (including phenoxy) is 1. The largest absolute Gasteiger partial charge is 0.379 e. The van der Waals surface area contributed by atoms with Gasteiger partial charge in [-0.05, 0) is 12.1 Å². The second kappa shape index (κ2) is 8.09. The highest BCUT2D eigenvalue weighted by molar-refractivity contribution is 6.33. The first-order chi connectivity index (χ1) is 9.75. The molecule has 0 aromatic heterocycles. The van der Waals surface area contributed by atoms with Gasteiger partial charge in [-0.1, -0.05) is 23.7 Å². The molecule has 1 fully saturated rings. The van der Waals surface area contributed by atoms with E-state index in [0.717, 1.165) is 38.5 Å². The minimum absolute atomic E-state index is 0.0295. The summed E-state index contributed by atoms with van der Waals surface area (Å²) in [4.78, 5) is 14.0. The Morgan fingerprint density at radius 2 is 2.05 bits per heavy atom. The monoisotopic (exact) mass is 297 g/mol. The maximum absolute atomic E-state index is 11.7. The maximum atomic E-state index is 11.7. The Balaban J connectivity index is 1.62. The molecule has 1 amide bonds. The smallest absolute Gasteiger partial charge is 0.239 e. The van der Waals surface area contributed by atoms with Gasteiger partial charge in [0.1, 0.15) is 0 Å². The zero-order chi connectivity index (χ0) is 14.2. The number of hydrogen-bond donors (Lipinski definition) is 2. The van der Waals surface area contributed by atoms with Gasteiger partial charge in [0.25, 0.3) is 0 Å². The molecule has 0 unspecified atom stereocenters. The molecule has 0 aliphatic carbocycles. The van der Waals surface area contributed by atoms with Crippen LogP contribution in [0, 0.1) is 0 Å². The lowest BCUT2D eigenvalue weighted by atomic mass is 10.3. The van der Waals surface area contributed by atoms with Crippen molar-refractivity contribution >= 4 is 23.2 Å². The Kier molecular flexibility index (Phi) is 6.11. The molecule has 0 radical (unpaired) electrons. The summed E-state index contributed by atoms with van der Waals surface area (Å²) in [6.07, 6.45) is 0. The van der Waals surface area contributed by atoms with Crippen molar-refractivity contribution in [2.75, 3.05) is 51.3 Å². The lowest BCUT2D eigenvalue weighted by Gasteiger charge is -2.26. The molecule has 1 aromatic carbocycles. The molecule has 1 aliphatic rings. The van der Waals surface area contributed by atoms with E-state index < -0.39 is 0 Å². The van der Waals surface area contributed by atoms with Crippen LogP contribution in [0.15, 0.2) is 24.3 Å². The summed E-state index contributed by atoms with van der Waals surface area (Å²) in [7, 11) is 0. The van der Waals surface area contributed by atoms with E-state index in [1.165, 1.54) is 0 Å². The first-order valence-electron chi connectivity index (χ1n) is 6.81. The molecule has 2 rings (SSSR count). The molecule has 0 saturated carbocycles. The van der Waals surface area contributed by atoms with E-state index >= 15 is 0 Å². The van der Waals surface area contributed by atoms with Gasteiger partial charge in [0, 0.05) is 26.2 Å². The van der Waals surface area contributed by atoms with E-state index in [-0.39, 0.29) is 12.5 Å². The van der Waals surface area contributed by atoms with Gasteiger partial charge in [-0.3, -0.25) is 9.69 Å². The van der Waals surface area contributed by atoms with Crippen molar-refractivity contribution < 1.29 is 9.53 Å². The molecule has 20 heavy (non-hydrogen) atoms. The van der Waals surface area contributed by atoms with Gasteiger partial charge in [0.15, 0.2) is 0 Å². The summed E-state index contributed by atoms with van der Waals surface area (Å²) in [5.74, 6) is -0.0295. The van der Waals surface area contributed by atoms with Crippen LogP contribution in [-0.2, 0) is 9.53 Å². The average Bonchev–Trinajstić information content (AvgIpc) is 2.47. The summed E-state index contributed by atoms with van der Waals surface area (Å²) in [6, 6.07) is 7.38. The first kappa shape index (κ1) is 15.1. The van der Waals surface area contributed by atoms with E-state index in [4.69, 9.17) is 16.3 Å². The van der Waals surface area contributed by atoms with E-state index in [1.807, 2.05) is 18.2 Å². The molecule has 2 N–H and O–H groups in total. The lowest BCUT2D eigenvalue weighted by Crippen LogP contribution is -2.42. The van der Waals surface area contributed by atoms with Crippen molar-refractivity contribution in [3.63, 3.8) is 0 Å². The van der Waals surface area contributed by atoms with Gasteiger partial charge < -0.3 is 15.4 Å². The van der Waals surface area contributed by atoms with Crippen molar-refractivity contribution in [3.05, 3.63) is 29.3 Å². The molecule has 0 atom stereocenters. The maximum Gasteiger partial charge on any atom is 0.239 e. The highest BCUT2D eigenvalue weighted by atomic mass is 35.5. The summed E-state index contributed by atoms with van der Waals surface area (Å²) < 4.78 is 5.27. The summed E-state index contributed by atoms with van der Waals surface area (Å²) in [5, 5.41) is 6.54. The van der Waals surface area contributed by atoms with Crippen molar-refractivity contribution in [2.24, 2.45) is 0 Å². The first-order valence-corrected chi connectivity index (χ1v) is 7.19. The van der Waals surface area contributed by atoms with Crippen molar-refractivity contribution in [2.45, 2.75) is 0 Å². The van der Waals surface area contributed by atoms with Gasteiger partial charge >= 0.3 is 0 Å². The number of morpholine rings is 1. The van der Waals surface area contributed by atoms with Crippen LogP contribution in [0.2, 0.25) is 5.02 Å². The highest BCUT2D eigenvalue weighted by Gasteiger charge is 2.10. The molecule has 0 bridgehead atoms. The van der Waals surface area contributed by atoms with Gasteiger partial charge in [0.05, 0.1) is 30.5 Å².